The lowest BCUT2D eigenvalue weighted by Crippen LogP contribution is -2.16. The molecule has 0 spiro atoms. The minimum Gasteiger partial charge on any atom is -0.319 e. The van der Waals surface area contributed by atoms with Crippen molar-refractivity contribution in [1.82, 2.24) is 15.2 Å². The fourth-order valence-electron chi connectivity index (χ4n) is 1.51. The summed E-state index contributed by atoms with van der Waals surface area (Å²) >= 11 is 11.3. The smallest absolute Gasteiger partial charge is 0.295 e. The molecule has 0 saturated heterocycles. The zero-order valence-electron chi connectivity index (χ0n) is 11.6. The van der Waals surface area contributed by atoms with Gasteiger partial charge < -0.3 is 5.32 Å². The number of carbonyl (C=O) groups excluding carboxylic acids is 1. The summed E-state index contributed by atoms with van der Waals surface area (Å²) in [6.07, 6.45) is 0. The van der Waals surface area contributed by atoms with E-state index >= 15 is 0 Å². The summed E-state index contributed by atoms with van der Waals surface area (Å²) in [6, 6.07) is 2.52. The van der Waals surface area contributed by atoms with Crippen molar-refractivity contribution in [3.05, 3.63) is 39.6 Å². The third-order valence-corrected chi connectivity index (χ3v) is 3.19. The normalized spacial score (nSPS) is 11.5. The molecular weight excluding hydrogens is 318 g/mol. The molecule has 0 bridgehead atoms. The standard InChI is InChI=1S/C13H13Cl2FN4O/c1-13(2,3)12-18-10(19-20-12)11(21)17-6-4-7(14)9(16)8(15)5-6/h4-5H,1-3H3,(H,17,21)(H,18,19,20). The molecular formula is C13H13Cl2FN4O. The second kappa shape index (κ2) is 5.61. The van der Waals surface area contributed by atoms with Crippen LogP contribution < -0.4 is 5.32 Å². The highest BCUT2D eigenvalue weighted by molar-refractivity contribution is 6.35. The molecule has 0 fully saturated rings. The van der Waals surface area contributed by atoms with Crippen molar-refractivity contribution < 1.29 is 9.18 Å². The molecule has 0 aliphatic carbocycles. The number of amides is 1. The number of rotatable bonds is 2. The summed E-state index contributed by atoms with van der Waals surface area (Å²) in [5.41, 5.74) is 0.00658. The van der Waals surface area contributed by atoms with Gasteiger partial charge in [-0.15, -0.1) is 5.10 Å². The highest BCUT2D eigenvalue weighted by atomic mass is 35.5. The topological polar surface area (TPSA) is 70.7 Å². The van der Waals surface area contributed by atoms with Crippen molar-refractivity contribution in [2.24, 2.45) is 0 Å². The molecule has 1 heterocycles. The molecule has 8 heteroatoms. The van der Waals surface area contributed by atoms with E-state index in [1.54, 1.807) is 0 Å². The molecule has 0 aliphatic rings. The van der Waals surface area contributed by atoms with E-state index in [0.29, 0.717) is 5.82 Å². The highest BCUT2D eigenvalue weighted by Gasteiger charge is 2.21. The van der Waals surface area contributed by atoms with Crippen LogP contribution in [0.5, 0.6) is 0 Å². The summed E-state index contributed by atoms with van der Waals surface area (Å²) < 4.78 is 13.3. The molecule has 0 aliphatic heterocycles. The van der Waals surface area contributed by atoms with Gasteiger partial charge in [0.05, 0.1) is 10.0 Å². The second-order valence-corrected chi connectivity index (χ2v) is 6.28. The molecule has 2 N–H and O–H groups in total. The van der Waals surface area contributed by atoms with Gasteiger partial charge in [-0.3, -0.25) is 9.89 Å². The van der Waals surface area contributed by atoms with E-state index in [1.807, 2.05) is 20.8 Å². The van der Waals surface area contributed by atoms with Gasteiger partial charge in [-0.25, -0.2) is 9.37 Å². The molecule has 2 aromatic rings. The molecule has 0 atom stereocenters. The number of nitrogens with zero attached hydrogens (tertiary/aromatic N) is 2. The number of nitrogens with one attached hydrogen (secondary N) is 2. The van der Waals surface area contributed by atoms with Crippen LogP contribution in [0.25, 0.3) is 0 Å². The highest BCUT2D eigenvalue weighted by Crippen LogP contribution is 2.27. The zero-order chi connectivity index (χ0) is 15.8. The molecule has 2 rings (SSSR count). The van der Waals surface area contributed by atoms with Gasteiger partial charge in [0.25, 0.3) is 5.91 Å². The van der Waals surface area contributed by atoms with Crippen molar-refractivity contribution in [3.8, 4) is 0 Å². The monoisotopic (exact) mass is 330 g/mol. The van der Waals surface area contributed by atoms with Crippen LogP contribution in [0.2, 0.25) is 10.0 Å². The fourth-order valence-corrected chi connectivity index (χ4v) is 2.00. The van der Waals surface area contributed by atoms with Crippen molar-refractivity contribution >= 4 is 34.8 Å². The summed E-state index contributed by atoms with van der Waals surface area (Å²) in [4.78, 5) is 16.1. The van der Waals surface area contributed by atoms with Crippen molar-refractivity contribution in [2.45, 2.75) is 26.2 Å². The van der Waals surface area contributed by atoms with Gasteiger partial charge in [-0.05, 0) is 12.1 Å². The van der Waals surface area contributed by atoms with Gasteiger partial charge >= 0.3 is 0 Å². The molecule has 0 saturated carbocycles. The van der Waals surface area contributed by atoms with E-state index in [1.165, 1.54) is 12.1 Å². The lowest BCUT2D eigenvalue weighted by atomic mass is 9.96. The number of hydrogen-bond donors (Lipinski definition) is 2. The number of aromatic amines is 1. The van der Waals surface area contributed by atoms with Gasteiger partial charge in [-0.1, -0.05) is 44.0 Å². The quantitative estimate of drug-likeness (QED) is 0.822. The van der Waals surface area contributed by atoms with E-state index < -0.39 is 11.7 Å². The largest absolute Gasteiger partial charge is 0.319 e. The van der Waals surface area contributed by atoms with Crippen LogP contribution in [0, 0.1) is 5.82 Å². The fraction of sp³-hybridized carbons (Fsp3) is 0.308. The van der Waals surface area contributed by atoms with Crippen molar-refractivity contribution in [2.75, 3.05) is 5.32 Å². The maximum Gasteiger partial charge on any atom is 0.295 e. The number of H-pyrrole nitrogens is 1. The predicted octanol–water partition coefficient (Wildman–Crippen LogP) is 3.80. The van der Waals surface area contributed by atoms with E-state index in [0.717, 1.165) is 0 Å². The van der Waals surface area contributed by atoms with Gasteiger partial charge in [-0.2, -0.15) is 0 Å². The number of hydrogen-bond acceptors (Lipinski definition) is 3. The number of anilines is 1. The van der Waals surface area contributed by atoms with Gasteiger partial charge in [0.1, 0.15) is 5.82 Å². The molecule has 5 nitrogen and oxygen atoms in total. The van der Waals surface area contributed by atoms with Crippen molar-refractivity contribution in [1.29, 1.82) is 0 Å². The number of aromatic nitrogens is 3. The average Bonchev–Trinajstić information content (AvgIpc) is 2.85. The maximum absolute atomic E-state index is 13.3. The molecule has 1 amide bonds. The van der Waals surface area contributed by atoms with Gasteiger partial charge in [0.15, 0.2) is 5.82 Å². The number of benzene rings is 1. The Hall–Kier alpha value is -1.66. The lowest BCUT2D eigenvalue weighted by Gasteiger charge is -2.12. The van der Waals surface area contributed by atoms with Gasteiger partial charge in [0.2, 0.25) is 5.82 Å². The zero-order valence-corrected chi connectivity index (χ0v) is 13.1. The Labute approximate surface area is 130 Å². The maximum atomic E-state index is 13.3. The first-order chi connectivity index (χ1) is 9.68. The van der Waals surface area contributed by atoms with Crippen molar-refractivity contribution in [3.63, 3.8) is 0 Å². The van der Waals surface area contributed by atoms with E-state index in [9.17, 15) is 9.18 Å². The molecule has 1 aromatic heterocycles. The van der Waals surface area contributed by atoms with Crippen LogP contribution in [-0.2, 0) is 5.41 Å². The Balaban J connectivity index is 2.20. The number of carbonyl (C=O) groups is 1. The third-order valence-electron chi connectivity index (χ3n) is 2.64. The molecule has 112 valence electrons. The van der Waals surface area contributed by atoms with Crippen LogP contribution in [-0.4, -0.2) is 21.1 Å². The molecule has 0 unspecified atom stereocenters. The predicted molar refractivity (Wildman–Crippen MR) is 79.5 cm³/mol. The van der Waals surface area contributed by atoms with Crippen LogP contribution in [0.1, 0.15) is 37.2 Å². The van der Waals surface area contributed by atoms with Crippen LogP contribution in [0.4, 0.5) is 10.1 Å². The summed E-state index contributed by atoms with van der Waals surface area (Å²) in [6.45, 7) is 5.82. The number of halogens is 3. The Morgan fingerprint density at radius 3 is 2.33 bits per heavy atom. The first-order valence-corrected chi connectivity index (χ1v) is 6.83. The first-order valence-electron chi connectivity index (χ1n) is 6.07. The van der Waals surface area contributed by atoms with Crippen LogP contribution >= 0.6 is 23.2 Å². The second-order valence-electron chi connectivity index (χ2n) is 5.47. The molecule has 1 aromatic carbocycles. The van der Waals surface area contributed by atoms with Gasteiger partial charge in [0, 0.05) is 11.1 Å². The lowest BCUT2D eigenvalue weighted by molar-refractivity contribution is 0.101. The SMILES string of the molecule is CC(C)(C)c1nc(C(=O)Nc2cc(Cl)c(F)c(Cl)c2)n[nH]1. The van der Waals surface area contributed by atoms with Crippen LogP contribution in [0.15, 0.2) is 12.1 Å². The van der Waals surface area contributed by atoms with E-state index in [-0.39, 0.29) is 27.0 Å². The Kier molecular flexibility index (Phi) is 4.20. The summed E-state index contributed by atoms with van der Waals surface area (Å²) in [7, 11) is 0. The summed E-state index contributed by atoms with van der Waals surface area (Å²) in [5.74, 6) is -0.705. The summed E-state index contributed by atoms with van der Waals surface area (Å²) in [5, 5.41) is 8.72. The van der Waals surface area contributed by atoms with E-state index in [4.69, 9.17) is 23.2 Å². The first kappa shape index (κ1) is 15.7. The Morgan fingerprint density at radius 1 is 1.29 bits per heavy atom. The Bertz CT molecular complexity index is 671. The average molecular weight is 331 g/mol. The minimum atomic E-state index is -0.732. The van der Waals surface area contributed by atoms with Crippen LogP contribution in [0.3, 0.4) is 0 Å². The van der Waals surface area contributed by atoms with E-state index in [2.05, 4.69) is 20.5 Å². The molecule has 21 heavy (non-hydrogen) atoms. The minimum absolute atomic E-state index is 0.0171. The Morgan fingerprint density at radius 2 is 1.86 bits per heavy atom. The molecule has 0 radical (unpaired) electrons. The third kappa shape index (κ3) is 3.51.